The largest absolute Gasteiger partial charge is 0.330 e. The Morgan fingerprint density at radius 1 is 1.00 bits per heavy atom. The van der Waals surface area contributed by atoms with Gasteiger partial charge >= 0.3 is 0 Å². The molecule has 3 fully saturated rings. The summed E-state index contributed by atoms with van der Waals surface area (Å²) in [6.45, 7) is 15.5. The smallest absolute Gasteiger partial charge is 0.129 e. The number of nitrogens with two attached hydrogens (primary N) is 1. The van der Waals surface area contributed by atoms with Crippen molar-refractivity contribution < 1.29 is 8.97 Å². The van der Waals surface area contributed by atoms with E-state index in [0.717, 1.165) is 12.1 Å². The molecule has 1 radical (unpaired) electrons. The summed E-state index contributed by atoms with van der Waals surface area (Å²) in [7, 11) is 0. The third kappa shape index (κ3) is 2.76. The molecule has 3 heterocycles. The van der Waals surface area contributed by atoms with Crippen LogP contribution in [0.4, 0.5) is 0 Å². The van der Waals surface area contributed by atoms with Crippen LogP contribution in [0.5, 0.6) is 0 Å². The molecule has 3 nitrogen and oxygen atoms in total. The van der Waals surface area contributed by atoms with Gasteiger partial charge in [-0.25, -0.2) is 0 Å². The standard InChI is InChI=1S/C17H28N3/c1-16-4-2-5-17(14-16)15-20-11-8-19(9-12-20,10-13-20)7-3-6-18/h2,4-5,14H,1,3,6-13,15,18H2/q+2. The number of hydrogen-bond donors (Lipinski definition) is 1. The number of rotatable bonds is 5. The fourth-order valence-electron chi connectivity index (χ4n) is 4.06. The molecule has 0 amide bonds. The minimum Gasteiger partial charge on any atom is -0.330 e. The van der Waals surface area contributed by atoms with E-state index in [9.17, 15) is 0 Å². The zero-order valence-electron chi connectivity index (χ0n) is 12.6. The van der Waals surface area contributed by atoms with Crippen molar-refractivity contribution in [2.75, 3.05) is 52.4 Å². The van der Waals surface area contributed by atoms with Crippen LogP contribution in [0.15, 0.2) is 24.3 Å². The van der Waals surface area contributed by atoms with E-state index >= 15 is 0 Å². The van der Waals surface area contributed by atoms with Gasteiger partial charge in [0.25, 0.3) is 0 Å². The molecule has 0 spiro atoms. The van der Waals surface area contributed by atoms with Crippen molar-refractivity contribution in [3.8, 4) is 0 Å². The minimum absolute atomic E-state index is 0.844. The maximum Gasteiger partial charge on any atom is 0.129 e. The van der Waals surface area contributed by atoms with Crippen molar-refractivity contribution in [3.05, 3.63) is 42.3 Å². The van der Waals surface area contributed by atoms with Gasteiger partial charge in [0, 0.05) is 12.0 Å². The van der Waals surface area contributed by atoms with E-state index in [-0.39, 0.29) is 0 Å². The second kappa shape index (κ2) is 5.47. The first-order valence-corrected chi connectivity index (χ1v) is 7.97. The summed E-state index contributed by atoms with van der Waals surface area (Å²) in [4.78, 5) is 0. The lowest BCUT2D eigenvalue weighted by Crippen LogP contribution is -2.74. The van der Waals surface area contributed by atoms with Crippen LogP contribution in [-0.2, 0) is 6.54 Å². The third-order valence-corrected chi connectivity index (χ3v) is 5.49. The summed E-state index contributed by atoms with van der Waals surface area (Å²) >= 11 is 0. The Kier molecular flexibility index (Phi) is 3.85. The van der Waals surface area contributed by atoms with E-state index < -0.39 is 0 Å². The van der Waals surface area contributed by atoms with E-state index in [2.05, 4.69) is 31.2 Å². The Labute approximate surface area is 123 Å². The summed E-state index contributed by atoms with van der Waals surface area (Å²) < 4.78 is 2.64. The van der Waals surface area contributed by atoms with Crippen LogP contribution in [0.25, 0.3) is 0 Å². The lowest BCUT2D eigenvalue weighted by molar-refractivity contribution is -1.09. The average Bonchev–Trinajstić information content (AvgIpc) is 2.47. The lowest BCUT2D eigenvalue weighted by atomic mass is 10.0. The molecule has 3 aliphatic heterocycles. The van der Waals surface area contributed by atoms with Gasteiger partial charge in [-0.2, -0.15) is 0 Å². The summed E-state index contributed by atoms with van der Waals surface area (Å²) in [5.41, 5.74) is 8.30. The molecule has 0 atom stereocenters. The molecule has 1 aromatic carbocycles. The van der Waals surface area contributed by atoms with Gasteiger partial charge in [0.1, 0.15) is 45.8 Å². The summed E-state index contributed by atoms with van der Waals surface area (Å²) in [5, 5.41) is 0. The monoisotopic (exact) mass is 274 g/mol. The van der Waals surface area contributed by atoms with Gasteiger partial charge in [-0.15, -0.1) is 0 Å². The molecule has 0 saturated carbocycles. The maximum absolute atomic E-state index is 5.69. The quantitative estimate of drug-likeness (QED) is 0.807. The van der Waals surface area contributed by atoms with E-state index in [1.807, 2.05) is 0 Å². The molecule has 2 N–H and O–H groups in total. The number of hydrogen-bond acceptors (Lipinski definition) is 1. The van der Waals surface area contributed by atoms with Crippen LogP contribution >= 0.6 is 0 Å². The fourth-order valence-corrected chi connectivity index (χ4v) is 4.06. The molecule has 3 heteroatoms. The minimum atomic E-state index is 0.844. The maximum atomic E-state index is 5.69. The molecule has 3 aliphatic rings. The van der Waals surface area contributed by atoms with Crippen LogP contribution < -0.4 is 5.73 Å². The van der Waals surface area contributed by atoms with Crippen LogP contribution in [0, 0.1) is 6.92 Å². The molecule has 0 aromatic heterocycles. The SMILES string of the molecule is [CH2]c1cccc(C[N+]23CC[N+](CCCN)(CC2)CC3)c1. The van der Waals surface area contributed by atoms with Crippen molar-refractivity contribution in [3.63, 3.8) is 0 Å². The molecule has 20 heavy (non-hydrogen) atoms. The highest BCUT2D eigenvalue weighted by Gasteiger charge is 2.48. The first kappa shape index (κ1) is 14.1. The predicted molar refractivity (Wildman–Crippen MR) is 82.9 cm³/mol. The Morgan fingerprint density at radius 3 is 2.25 bits per heavy atom. The zero-order valence-corrected chi connectivity index (χ0v) is 12.6. The van der Waals surface area contributed by atoms with Gasteiger partial charge in [0.15, 0.2) is 0 Å². The van der Waals surface area contributed by atoms with Crippen molar-refractivity contribution in [2.24, 2.45) is 5.73 Å². The number of fused-ring (bicyclic) bond motifs is 3. The Balaban J connectivity index is 1.66. The molecule has 3 saturated heterocycles. The first-order chi connectivity index (χ1) is 9.65. The number of quaternary nitrogens is 2. The molecule has 0 aliphatic carbocycles. The summed E-state index contributed by atoms with van der Waals surface area (Å²) in [6, 6.07) is 8.75. The molecular formula is C17H28N3+2. The van der Waals surface area contributed by atoms with Gasteiger partial charge in [0.05, 0.1) is 6.54 Å². The van der Waals surface area contributed by atoms with Crippen molar-refractivity contribution in [1.29, 1.82) is 0 Å². The molecule has 4 rings (SSSR count). The Morgan fingerprint density at radius 2 is 1.65 bits per heavy atom. The highest BCUT2D eigenvalue weighted by molar-refractivity contribution is 5.24. The molecular weight excluding hydrogens is 246 g/mol. The van der Waals surface area contributed by atoms with Gasteiger partial charge in [0.2, 0.25) is 0 Å². The molecule has 0 unspecified atom stereocenters. The normalized spacial score (nSPS) is 32.5. The Hall–Kier alpha value is -0.900. The summed E-state index contributed by atoms with van der Waals surface area (Å²) in [6.07, 6.45) is 1.18. The highest BCUT2D eigenvalue weighted by atomic mass is 15.5. The van der Waals surface area contributed by atoms with Crippen LogP contribution in [0.2, 0.25) is 0 Å². The van der Waals surface area contributed by atoms with Crippen molar-refractivity contribution in [2.45, 2.75) is 13.0 Å². The second-order valence-corrected chi connectivity index (χ2v) is 6.87. The molecule has 1 aromatic rings. The van der Waals surface area contributed by atoms with Crippen LogP contribution in [0.3, 0.4) is 0 Å². The summed E-state index contributed by atoms with van der Waals surface area (Å²) in [5.74, 6) is 0. The van der Waals surface area contributed by atoms with Crippen LogP contribution in [0.1, 0.15) is 17.5 Å². The van der Waals surface area contributed by atoms with Crippen molar-refractivity contribution >= 4 is 0 Å². The molecule has 2 bridgehead atoms. The number of benzene rings is 1. The third-order valence-electron chi connectivity index (χ3n) is 5.49. The van der Waals surface area contributed by atoms with E-state index in [0.29, 0.717) is 0 Å². The highest BCUT2D eigenvalue weighted by Crippen LogP contribution is 2.29. The predicted octanol–water partition coefficient (Wildman–Crippen LogP) is 1.38. The molecule has 109 valence electrons. The number of piperazine rings is 3. The van der Waals surface area contributed by atoms with E-state index in [1.54, 1.807) is 0 Å². The van der Waals surface area contributed by atoms with Crippen molar-refractivity contribution in [1.82, 2.24) is 0 Å². The van der Waals surface area contributed by atoms with Crippen LogP contribution in [-0.4, -0.2) is 61.3 Å². The van der Waals surface area contributed by atoms with E-state index in [1.165, 1.54) is 73.3 Å². The fraction of sp³-hybridized carbons (Fsp3) is 0.588. The second-order valence-electron chi connectivity index (χ2n) is 6.87. The van der Waals surface area contributed by atoms with Gasteiger partial charge in [-0.3, -0.25) is 0 Å². The topological polar surface area (TPSA) is 26.0 Å². The van der Waals surface area contributed by atoms with E-state index in [4.69, 9.17) is 5.73 Å². The Bertz CT molecular complexity index is 445. The first-order valence-electron chi connectivity index (χ1n) is 7.97. The lowest BCUT2D eigenvalue weighted by Gasteiger charge is -2.55. The van der Waals surface area contributed by atoms with Gasteiger partial charge < -0.3 is 14.7 Å². The van der Waals surface area contributed by atoms with Gasteiger partial charge in [-0.1, -0.05) is 24.3 Å². The number of nitrogens with zero attached hydrogens (tertiary/aromatic N) is 2. The average molecular weight is 274 g/mol. The zero-order chi connectivity index (χ0) is 14.1. The van der Waals surface area contributed by atoms with Gasteiger partial charge in [-0.05, 0) is 19.0 Å².